The van der Waals surface area contributed by atoms with Crippen LogP contribution in [0.15, 0.2) is 48.8 Å². The summed E-state index contributed by atoms with van der Waals surface area (Å²) in [4.78, 5) is 27.3. The van der Waals surface area contributed by atoms with Crippen molar-refractivity contribution in [2.45, 2.75) is 39.0 Å². The van der Waals surface area contributed by atoms with E-state index >= 15 is 0 Å². The second-order valence-corrected chi connectivity index (χ2v) is 11.7. The van der Waals surface area contributed by atoms with Gasteiger partial charge >= 0.3 is 0 Å². The SMILES string of the molecule is C[C@H]1C2CCC(CC2)[C@@H]1Cc1cc(N2CCN(c3ccccc3)CC2)nc(-c2c[nH]c3ncc(Cl)nc23)n1. The van der Waals surface area contributed by atoms with Crippen LogP contribution in [0.3, 0.4) is 0 Å². The van der Waals surface area contributed by atoms with E-state index in [1.807, 2.05) is 6.20 Å². The van der Waals surface area contributed by atoms with Gasteiger partial charge in [-0.3, -0.25) is 0 Å². The molecular weight excluding hydrogens is 494 g/mol. The summed E-state index contributed by atoms with van der Waals surface area (Å²) in [6, 6.07) is 12.9. The van der Waals surface area contributed by atoms with E-state index in [0.29, 0.717) is 22.5 Å². The molecule has 1 aliphatic heterocycles. The number of para-hydroxylation sites is 1. The normalized spacial score (nSPS) is 25.3. The first-order chi connectivity index (χ1) is 18.6. The third kappa shape index (κ3) is 4.41. The number of nitrogens with one attached hydrogen (secondary N) is 1. The minimum Gasteiger partial charge on any atom is -0.368 e. The number of hydrogen-bond donors (Lipinski definition) is 1. The number of piperazine rings is 1. The van der Waals surface area contributed by atoms with Crippen molar-refractivity contribution in [3.8, 4) is 11.4 Å². The Morgan fingerprint density at radius 1 is 0.921 bits per heavy atom. The second kappa shape index (κ2) is 9.84. The number of nitrogens with zero attached hydrogens (tertiary/aromatic N) is 6. The van der Waals surface area contributed by atoms with Crippen molar-refractivity contribution in [3.05, 3.63) is 59.6 Å². The Hall–Kier alpha value is -3.19. The van der Waals surface area contributed by atoms with Crippen LogP contribution in [-0.4, -0.2) is 51.1 Å². The van der Waals surface area contributed by atoms with Gasteiger partial charge in [-0.05, 0) is 67.9 Å². The monoisotopic (exact) mass is 527 g/mol. The average molecular weight is 528 g/mol. The van der Waals surface area contributed by atoms with Crippen LogP contribution in [-0.2, 0) is 6.42 Å². The number of halogens is 1. The van der Waals surface area contributed by atoms with E-state index in [4.69, 9.17) is 21.6 Å². The molecule has 196 valence electrons. The molecule has 38 heavy (non-hydrogen) atoms. The molecule has 0 unspecified atom stereocenters. The summed E-state index contributed by atoms with van der Waals surface area (Å²) in [5, 5.41) is 0.374. The molecule has 1 aromatic carbocycles. The number of H-pyrrole nitrogens is 1. The van der Waals surface area contributed by atoms with E-state index in [1.165, 1.54) is 31.4 Å². The molecule has 0 amide bonds. The number of anilines is 2. The minimum absolute atomic E-state index is 0.374. The van der Waals surface area contributed by atoms with Gasteiger partial charge in [0.05, 0.1) is 11.8 Å². The van der Waals surface area contributed by atoms with Crippen molar-refractivity contribution in [2.75, 3.05) is 36.0 Å². The maximum absolute atomic E-state index is 6.22. The molecule has 1 N–H and O–H groups in total. The fraction of sp³-hybridized carbons (Fsp3) is 0.467. The van der Waals surface area contributed by atoms with Crippen molar-refractivity contribution >= 4 is 34.3 Å². The molecule has 4 aromatic rings. The molecule has 3 saturated carbocycles. The maximum Gasteiger partial charge on any atom is 0.165 e. The Morgan fingerprint density at radius 2 is 1.66 bits per heavy atom. The van der Waals surface area contributed by atoms with Gasteiger partial charge in [0.1, 0.15) is 16.5 Å². The molecule has 2 bridgehead atoms. The van der Waals surface area contributed by atoms with E-state index < -0.39 is 0 Å². The highest BCUT2D eigenvalue weighted by Gasteiger charge is 2.41. The standard InChI is InChI=1S/C30H34ClN7/c1-19-20-7-9-21(10-8-20)24(19)15-22-16-27(38-13-11-37(12-14-38)23-5-3-2-4-6-23)36-29(34-22)25-17-32-30-28(25)35-26(31)18-33-30/h2-6,16-21,24H,7-15H2,1H3,(H,32,33)/t19-,20?,21?,24+/m0/s1. The van der Waals surface area contributed by atoms with Crippen molar-refractivity contribution in [1.29, 1.82) is 0 Å². The summed E-state index contributed by atoms with van der Waals surface area (Å²) >= 11 is 6.22. The highest BCUT2D eigenvalue weighted by Crippen LogP contribution is 2.49. The van der Waals surface area contributed by atoms with E-state index in [0.717, 1.165) is 72.9 Å². The molecule has 8 rings (SSSR count). The third-order valence-electron chi connectivity index (χ3n) is 9.37. The topological polar surface area (TPSA) is 73.8 Å². The Morgan fingerprint density at radius 3 is 2.42 bits per heavy atom. The van der Waals surface area contributed by atoms with Gasteiger partial charge in [0.15, 0.2) is 11.5 Å². The lowest BCUT2D eigenvalue weighted by Crippen LogP contribution is -2.47. The lowest BCUT2D eigenvalue weighted by Gasteiger charge is -2.47. The Labute approximate surface area is 228 Å². The van der Waals surface area contributed by atoms with Gasteiger partial charge in [-0.2, -0.15) is 0 Å². The fourth-order valence-electron chi connectivity index (χ4n) is 7.21. The van der Waals surface area contributed by atoms with Gasteiger partial charge < -0.3 is 14.8 Å². The van der Waals surface area contributed by atoms with Crippen LogP contribution in [0.25, 0.3) is 22.6 Å². The number of benzene rings is 1. The van der Waals surface area contributed by atoms with Crippen LogP contribution in [0, 0.1) is 23.7 Å². The first kappa shape index (κ1) is 23.9. The molecule has 3 aromatic heterocycles. The van der Waals surface area contributed by atoms with Gasteiger partial charge in [-0.25, -0.2) is 19.9 Å². The second-order valence-electron chi connectivity index (χ2n) is 11.3. The number of rotatable bonds is 5. The van der Waals surface area contributed by atoms with Crippen molar-refractivity contribution in [3.63, 3.8) is 0 Å². The summed E-state index contributed by atoms with van der Waals surface area (Å²) in [5.41, 5.74) is 4.71. The number of hydrogen-bond acceptors (Lipinski definition) is 6. The van der Waals surface area contributed by atoms with Crippen molar-refractivity contribution in [2.24, 2.45) is 23.7 Å². The zero-order valence-corrected chi connectivity index (χ0v) is 22.6. The zero-order valence-electron chi connectivity index (χ0n) is 21.9. The van der Waals surface area contributed by atoms with Gasteiger partial charge in [-0.1, -0.05) is 36.7 Å². The van der Waals surface area contributed by atoms with Crippen LogP contribution < -0.4 is 9.80 Å². The molecule has 0 radical (unpaired) electrons. The summed E-state index contributed by atoms with van der Waals surface area (Å²) in [5.74, 6) is 4.88. The van der Waals surface area contributed by atoms with Crippen molar-refractivity contribution in [1.82, 2.24) is 24.9 Å². The van der Waals surface area contributed by atoms with Gasteiger partial charge in [0, 0.05) is 49.8 Å². The molecule has 4 fully saturated rings. The lowest BCUT2D eigenvalue weighted by molar-refractivity contribution is 0.0339. The van der Waals surface area contributed by atoms with Gasteiger partial charge in [0.25, 0.3) is 0 Å². The van der Waals surface area contributed by atoms with Gasteiger partial charge in [0.2, 0.25) is 0 Å². The average Bonchev–Trinajstić information content (AvgIpc) is 3.39. The quantitative estimate of drug-likeness (QED) is 0.342. The highest BCUT2D eigenvalue weighted by atomic mass is 35.5. The number of aromatic nitrogens is 5. The van der Waals surface area contributed by atoms with E-state index in [2.05, 4.69) is 68.1 Å². The molecule has 0 spiro atoms. The Balaban J connectivity index is 1.22. The molecule has 3 aliphatic carbocycles. The predicted molar refractivity (Wildman–Crippen MR) is 153 cm³/mol. The predicted octanol–water partition coefficient (Wildman–Crippen LogP) is 6.01. The summed E-state index contributed by atoms with van der Waals surface area (Å²) in [6.07, 6.45) is 10.1. The van der Waals surface area contributed by atoms with E-state index in [9.17, 15) is 0 Å². The van der Waals surface area contributed by atoms with Crippen LogP contribution >= 0.6 is 11.6 Å². The molecule has 2 atom stereocenters. The third-order valence-corrected chi connectivity index (χ3v) is 9.55. The first-order valence-corrected chi connectivity index (χ1v) is 14.4. The Kier molecular flexibility index (Phi) is 6.19. The minimum atomic E-state index is 0.374. The molecule has 4 aliphatic rings. The summed E-state index contributed by atoms with van der Waals surface area (Å²) < 4.78 is 0. The fourth-order valence-corrected chi connectivity index (χ4v) is 7.35. The van der Waals surface area contributed by atoms with E-state index in [1.54, 1.807) is 6.20 Å². The largest absolute Gasteiger partial charge is 0.368 e. The van der Waals surface area contributed by atoms with Crippen LogP contribution in [0.2, 0.25) is 5.15 Å². The molecule has 1 saturated heterocycles. The van der Waals surface area contributed by atoms with Crippen LogP contribution in [0.5, 0.6) is 0 Å². The molecule has 7 nitrogen and oxygen atoms in total. The van der Waals surface area contributed by atoms with Crippen molar-refractivity contribution < 1.29 is 0 Å². The summed E-state index contributed by atoms with van der Waals surface area (Å²) in [7, 11) is 0. The lowest BCUT2D eigenvalue weighted by atomic mass is 9.58. The van der Waals surface area contributed by atoms with E-state index in [-0.39, 0.29) is 0 Å². The smallest absolute Gasteiger partial charge is 0.165 e. The molecular formula is C30H34ClN7. The first-order valence-electron chi connectivity index (χ1n) is 14.1. The molecule has 4 heterocycles. The number of aromatic amines is 1. The van der Waals surface area contributed by atoms with Gasteiger partial charge in [-0.15, -0.1) is 0 Å². The Bertz CT molecular complexity index is 1420. The molecule has 8 heteroatoms. The summed E-state index contributed by atoms with van der Waals surface area (Å²) in [6.45, 7) is 6.26. The van der Waals surface area contributed by atoms with Crippen LogP contribution in [0.1, 0.15) is 38.3 Å². The number of fused-ring (bicyclic) bond motifs is 4. The highest BCUT2D eigenvalue weighted by molar-refractivity contribution is 6.29. The zero-order chi connectivity index (χ0) is 25.6. The maximum atomic E-state index is 6.22. The van der Waals surface area contributed by atoms with Crippen LogP contribution in [0.4, 0.5) is 11.5 Å².